The molecule has 1 saturated carbocycles. The molecule has 0 spiro atoms. The lowest BCUT2D eigenvalue weighted by Gasteiger charge is -2.30. The van der Waals surface area contributed by atoms with E-state index in [0.29, 0.717) is 11.8 Å². The van der Waals surface area contributed by atoms with Crippen molar-refractivity contribution in [2.24, 2.45) is 0 Å². The summed E-state index contributed by atoms with van der Waals surface area (Å²) in [4.78, 5) is 15.4. The molecule has 22 heavy (non-hydrogen) atoms. The number of H-pyrrole nitrogens is 1. The molecule has 1 N–H and O–H groups in total. The summed E-state index contributed by atoms with van der Waals surface area (Å²) in [5.74, 6) is 1.07. The van der Waals surface area contributed by atoms with Gasteiger partial charge in [-0.05, 0) is 53.4 Å². The van der Waals surface area contributed by atoms with Crippen LogP contribution < -0.4 is 5.56 Å². The first kappa shape index (κ1) is 13.8. The molecule has 1 atom stereocenters. The van der Waals surface area contributed by atoms with Crippen LogP contribution in [0.25, 0.3) is 11.1 Å². The van der Waals surface area contributed by atoms with E-state index in [-0.39, 0.29) is 5.56 Å². The molecule has 2 heteroatoms. The lowest BCUT2D eigenvalue weighted by molar-refractivity contribution is 0.433. The number of hydrogen-bond donors (Lipinski definition) is 1. The molecule has 1 unspecified atom stereocenters. The Morgan fingerprint density at radius 2 is 1.82 bits per heavy atom. The highest BCUT2D eigenvalue weighted by Crippen LogP contribution is 2.43. The Bertz CT molecular complexity index is 753. The van der Waals surface area contributed by atoms with Crippen LogP contribution in [0, 0.1) is 0 Å². The van der Waals surface area contributed by atoms with E-state index in [4.69, 9.17) is 0 Å². The normalized spacial score (nSPS) is 21.2. The van der Waals surface area contributed by atoms with Crippen molar-refractivity contribution in [1.29, 1.82) is 0 Å². The zero-order valence-corrected chi connectivity index (χ0v) is 13.2. The third-order valence-corrected chi connectivity index (χ3v) is 5.49. The highest BCUT2D eigenvalue weighted by Gasteiger charge is 2.27. The fourth-order valence-electron chi connectivity index (χ4n) is 4.40. The number of benzene rings is 1. The molecule has 0 saturated heterocycles. The quantitative estimate of drug-likeness (QED) is 0.808. The van der Waals surface area contributed by atoms with E-state index in [1.54, 1.807) is 0 Å². The van der Waals surface area contributed by atoms with Crippen LogP contribution in [0.15, 0.2) is 35.1 Å². The van der Waals surface area contributed by atoms with Crippen LogP contribution in [-0.2, 0) is 6.42 Å². The number of aromatic amines is 1. The van der Waals surface area contributed by atoms with Crippen LogP contribution in [-0.4, -0.2) is 4.98 Å². The van der Waals surface area contributed by atoms with Gasteiger partial charge in [-0.3, -0.25) is 4.79 Å². The topological polar surface area (TPSA) is 32.9 Å². The smallest absolute Gasteiger partial charge is 0.248 e. The van der Waals surface area contributed by atoms with Crippen LogP contribution in [0.2, 0.25) is 0 Å². The summed E-state index contributed by atoms with van der Waals surface area (Å²) in [6, 6.07) is 10.4. The Balaban J connectivity index is 1.91. The number of aromatic nitrogens is 1. The molecule has 2 aliphatic carbocycles. The van der Waals surface area contributed by atoms with E-state index in [1.807, 2.05) is 6.07 Å². The number of nitrogens with one attached hydrogen (secondary N) is 1. The maximum absolute atomic E-state index is 12.2. The van der Waals surface area contributed by atoms with Gasteiger partial charge in [0.2, 0.25) is 5.56 Å². The second kappa shape index (κ2) is 5.42. The minimum Gasteiger partial charge on any atom is -0.326 e. The van der Waals surface area contributed by atoms with Gasteiger partial charge in [0.15, 0.2) is 0 Å². The van der Waals surface area contributed by atoms with Gasteiger partial charge in [0, 0.05) is 11.8 Å². The summed E-state index contributed by atoms with van der Waals surface area (Å²) < 4.78 is 0. The maximum Gasteiger partial charge on any atom is 0.248 e. The lowest BCUT2D eigenvalue weighted by atomic mass is 9.76. The second-order valence-electron chi connectivity index (χ2n) is 6.97. The van der Waals surface area contributed by atoms with Crippen molar-refractivity contribution >= 4 is 0 Å². The molecule has 4 rings (SSSR count). The fraction of sp³-hybridized carbons (Fsp3) is 0.450. The monoisotopic (exact) mass is 293 g/mol. The number of pyridine rings is 1. The van der Waals surface area contributed by atoms with Gasteiger partial charge in [0.1, 0.15) is 0 Å². The first-order valence-corrected chi connectivity index (χ1v) is 8.59. The highest BCUT2D eigenvalue weighted by atomic mass is 16.1. The molecule has 114 valence electrons. The molecular weight excluding hydrogens is 270 g/mol. The molecule has 1 fully saturated rings. The Morgan fingerprint density at radius 1 is 1.05 bits per heavy atom. The molecule has 0 bridgehead atoms. The van der Waals surface area contributed by atoms with E-state index < -0.39 is 0 Å². The molecule has 1 aromatic heterocycles. The van der Waals surface area contributed by atoms with Crippen molar-refractivity contribution < 1.29 is 0 Å². The molecule has 2 aliphatic rings. The predicted molar refractivity (Wildman–Crippen MR) is 90.4 cm³/mol. The van der Waals surface area contributed by atoms with E-state index in [2.05, 4.69) is 36.2 Å². The van der Waals surface area contributed by atoms with Gasteiger partial charge in [-0.25, -0.2) is 0 Å². The van der Waals surface area contributed by atoms with Gasteiger partial charge in [-0.1, -0.05) is 50.5 Å². The summed E-state index contributed by atoms with van der Waals surface area (Å²) in [6.07, 6.45) is 7.43. The zero-order chi connectivity index (χ0) is 15.1. The Kier molecular flexibility index (Phi) is 3.40. The Labute approximate surface area is 131 Å². The molecule has 0 radical (unpaired) electrons. The predicted octanol–water partition coefficient (Wildman–Crippen LogP) is 4.75. The first-order valence-electron chi connectivity index (χ1n) is 8.59. The van der Waals surface area contributed by atoms with Crippen molar-refractivity contribution in [3.63, 3.8) is 0 Å². The van der Waals surface area contributed by atoms with Gasteiger partial charge >= 0.3 is 0 Å². The lowest BCUT2D eigenvalue weighted by Crippen LogP contribution is -2.21. The summed E-state index contributed by atoms with van der Waals surface area (Å²) >= 11 is 0. The van der Waals surface area contributed by atoms with Crippen molar-refractivity contribution in [2.45, 2.75) is 57.3 Å². The molecule has 2 nitrogen and oxygen atoms in total. The molecular formula is C20H23NO. The number of rotatable bonds is 1. The SMILES string of the molecule is CC1Cc2c(cc(=O)[nH]c2C2CCCCC2)-c2ccccc21. The minimum absolute atomic E-state index is 0.0590. The Morgan fingerprint density at radius 3 is 2.64 bits per heavy atom. The fourth-order valence-corrected chi connectivity index (χ4v) is 4.40. The largest absolute Gasteiger partial charge is 0.326 e. The summed E-state index contributed by atoms with van der Waals surface area (Å²) in [5.41, 5.74) is 6.53. The van der Waals surface area contributed by atoms with Gasteiger partial charge in [0.05, 0.1) is 0 Å². The van der Waals surface area contributed by atoms with E-state index in [0.717, 1.165) is 6.42 Å². The third-order valence-electron chi connectivity index (χ3n) is 5.49. The summed E-state index contributed by atoms with van der Waals surface area (Å²) in [6.45, 7) is 2.30. The summed E-state index contributed by atoms with van der Waals surface area (Å²) in [5, 5.41) is 0. The van der Waals surface area contributed by atoms with Gasteiger partial charge in [-0.15, -0.1) is 0 Å². The molecule has 1 aromatic carbocycles. The zero-order valence-electron chi connectivity index (χ0n) is 13.2. The molecule has 2 aromatic rings. The maximum atomic E-state index is 12.2. The van der Waals surface area contributed by atoms with E-state index in [9.17, 15) is 4.79 Å². The number of hydrogen-bond acceptors (Lipinski definition) is 1. The van der Waals surface area contributed by atoms with E-state index in [1.165, 1.54) is 60.1 Å². The van der Waals surface area contributed by atoms with Crippen LogP contribution in [0.5, 0.6) is 0 Å². The first-order chi connectivity index (χ1) is 10.7. The summed E-state index contributed by atoms with van der Waals surface area (Å²) in [7, 11) is 0. The molecule has 0 amide bonds. The van der Waals surface area contributed by atoms with Crippen LogP contribution in [0.1, 0.15) is 67.7 Å². The third kappa shape index (κ3) is 2.22. The van der Waals surface area contributed by atoms with Crippen molar-refractivity contribution in [3.05, 3.63) is 57.5 Å². The number of fused-ring (bicyclic) bond motifs is 3. The van der Waals surface area contributed by atoms with Crippen LogP contribution in [0.3, 0.4) is 0 Å². The standard InChI is InChI=1S/C20H23NO/c1-13-11-18-17(16-10-6-5-9-15(13)16)12-19(22)21-20(18)14-7-3-2-4-8-14/h5-6,9-10,12-14H,2-4,7-8,11H2,1H3,(H,21,22). The van der Waals surface area contributed by atoms with E-state index >= 15 is 0 Å². The minimum atomic E-state index is 0.0590. The average Bonchev–Trinajstić information content (AvgIpc) is 2.56. The molecule has 0 aliphatic heterocycles. The highest BCUT2D eigenvalue weighted by molar-refractivity contribution is 5.74. The van der Waals surface area contributed by atoms with Crippen molar-refractivity contribution in [1.82, 2.24) is 4.98 Å². The van der Waals surface area contributed by atoms with Crippen molar-refractivity contribution in [3.8, 4) is 11.1 Å². The van der Waals surface area contributed by atoms with Gasteiger partial charge in [0.25, 0.3) is 0 Å². The van der Waals surface area contributed by atoms with Gasteiger partial charge < -0.3 is 4.98 Å². The van der Waals surface area contributed by atoms with Crippen LogP contribution in [0.4, 0.5) is 0 Å². The second-order valence-corrected chi connectivity index (χ2v) is 6.97. The molecule has 1 heterocycles. The van der Waals surface area contributed by atoms with Gasteiger partial charge in [-0.2, -0.15) is 0 Å². The van der Waals surface area contributed by atoms with Crippen molar-refractivity contribution in [2.75, 3.05) is 0 Å². The average molecular weight is 293 g/mol. The Hall–Kier alpha value is -1.83. The van der Waals surface area contributed by atoms with Crippen LogP contribution >= 0.6 is 0 Å².